The first-order chi connectivity index (χ1) is 19.1. The maximum absolute atomic E-state index is 13.2. The van der Waals surface area contributed by atoms with Crippen LogP contribution in [-0.4, -0.2) is 76.6 Å². The highest BCUT2D eigenvalue weighted by Crippen LogP contribution is 2.30. The normalized spacial score (nSPS) is 15.1. The smallest absolute Gasteiger partial charge is 0.410 e. The molecule has 4 heterocycles. The Morgan fingerprint density at radius 2 is 1.77 bits per heavy atom. The molecule has 12 heteroatoms. The molecule has 1 N–H and O–H groups in total. The van der Waals surface area contributed by atoms with Crippen molar-refractivity contribution in [2.45, 2.75) is 32.9 Å². The van der Waals surface area contributed by atoms with Crippen LogP contribution in [-0.2, 0) is 11.3 Å². The molecule has 2 aliphatic rings. The van der Waals surface area contributed by atoms with Crippen molar-refractivity contribution in [3.63, 3.8) is 0 Å². The van der Waals surface area contributed by atoms with Crippen LogP contribution in [0.3, 0.4) is 0 Å². The Morgan fingerprint density at radius 1 is 1.00 bits per heavy atom. The largest absolute Gasteiger partial charge is 0.497 e. The van der Waals surface area contributed by atoms with Crippen LogP contribution >= 0.6 is 0 Å². The monoisotopic (exact) mass is 545 g/mol. The fourth-order valence-electron chi connectivity index (χ4n) is 4.59. The van der Waals surface area contributed by atoms with Gasteiger partial charge in [0.25, 0.3) is 11.8 Å². The average molecular weight is 546 g/mol. The van der Waals surface area contributed by atoms with Crippen molar-refractivity contribution in [1.29, 1.82) is 0 Å². The summed E-state index contributed by atoms with van der Waals surface area (Å²) in [6.45, 7) is 7.92. The summed E-state index contributed by atoms with van der Waals surface area (Å²) in [5.41, 5.74) is 2.15. The zero-order valence-corrected chi connectivity index (χ0v) is 22.9. The van der Waals surface area contributed by atoms with Crippen molar-refractivity contribution >= 4 is 35.1 Å². The van der Waals surface area contributed by atoms with Crippen LogP contribution in [0.15, 0.2) is 49.1 Å². The van der Waals surface area contributed by atoms with Gasteiger partial charge >= 0.3 is 6.09 Å². The number of pyridine rings is 1. The Labute approximate surface area is 231 Å². The molecule has 0 radical (unpaired) electrons. The zero-order valence-electron chi connectivity index (χ0n) is 22.9. The molecule has 12 nitrogen and oxygen atoms in total. The molecule has 2 aromatic heterocycles. The highest BCUT2D eigenvalue weighted by molar-refractivity contribution is 6.10. The van der Waals surface area contributed by atoms with Crippen molar-refractivity contribution in [3.05, 3.63) is 65.9 Å². The van der Waals surface area contributed by atoms with Gasteiger partial charge in [0, 0.05) is 37.9 Å². The Balaban J connectivity index is 1.27. The van der Waals surface area contributed by atoms with E-state index in [1.165, 1.54) is 17.3 Å². The van der Waals surface area contributed by atoms with E-state index in [0.29, 0.717) is 49.7 Å². The van der Waals surface area contributed by atoms with Crippen LogP contribution in [0.2, 0.25) is 0 Å². The maximum atomic E-state index is 13.2. The maximum Gasteiger partial charge on any atom is 0.410 e. The minimum atomic E-state index is -0.559. The lowest BCUT2D eigenvalue weighted by molar-refractivity contribution is 0.0240. The minimum Gasteiger partial charge on any atom is -0.497 e. The van der Waals surface area contributed by atoms with E-state index in [9.17, 15) is 14.4 Å². The van der Waals surface area contributed by atoms with Crippen molar-refractivity contribution in [3.8, 4) is 5.75 Å². The third kappa shape index (κ3) is 5.65. The molecule has 0 spiro atoms. The third-order valence-electron chi connectivity index (χ3n) is 6.57. The number of carbonyl (C=O) groups excluding carboxylic acids is 3. The number of fused-ring (bicyclic) bond motifs is 1. The Bertz CT molecular complexity index is 1450. The Kier molecular flexibility index (Phi) is 7.24. The highest BCUT2D eigenvalue weighted by atomic mass is 16.6. The van der Waals surface area contributed by atoms with Gasteiger partial charge in [-0.25, -0.2) is 9.78 Å². The number of nitrogens with zero attached hydrogens (tertiary/aromatic N) is 6. The van der Waals surface area contributed by atoms with Gasteiger partial charge < -0.3 is 24.6 Å². The predicted octanol–water partition coefficient (Wildman–Crippen LogP) is 3.35. The van der Waals surface area contributed by atoms with Crippen molar-refractivity contribution < 1.29 is 23.9 Å². The first-order valence-corrected chi connectivity index (χ1v) is 12.9. The van der Waals surface area contributed by atoms with E-state index >= 15 is 0 Å². The molecule has 2 aliphatic heterocycles. The average Bonchev–Trinajstić information content (AvgIpc) is 3.28. The first kappa shape index (κ1) is 26.9. The number of hydrogen-bond acceptors (Lipinski definition) is 9. The molecular formula is C28H31N7O5. The number of anilines is 3. The Hall–Kier alpha value is -4.74. The summed E-state index contributed by atoms with van der Waals surface area (Å²) < 4.78 is 10.7. The van der Waals surface area contributed by atoms with Crippen LogP contribution in [0.5, 0.6) is 5.75 Å². The van der Waals surface area contributed by atoms with Crippen LogP contribution in [0, 0.1) is 0 Å². The van der Waals surface area contributed by atoms with E-state index in [4.69, 9.17) is 9.47 Å². The SMILES string of the molecule is COc1ccc2c(c1)C(=O)N(c1cncc(C(=O)Nc3cnccc3N3CCN(C(=O)OC(C)(C)C)CC3)n1)C2. The summed E-state index contributed by atoms with van der Waals surface area (Å²) in [5, 5.41) is 2.88. The fourth-order valence-corrected chi connectivity index (χ4v) is 4.59. The quantitative estimate of drug-likeness (QED) is 0.513. The van der Waals surface area contributed by atoms with Crippen molar-refractivity contribution in [1.82, 2.24) is 19.9 Å². The molecule has 1 aromatic carbocycles. The molecule has 3 aromatic rings. The van der Waals surface area contributed by atoms with Crippen molar-refractivity contribution in [2.24, 2.45) is 0 Å². The summed E-state index contributed by atoms with van der Waals surface area (Å²) in [6.07, 6.45) is 5.69. The molecule has 40 heavy (non-hydrogen) atoms. The van der Waals surface area contributed by atoms with Crippen molar-refractivity contribution in [2.75, 3.05) is 48.4 Å². The fraction of sp³-hybridized carbons (Fsp3) is 0.357. The lowest BCUT2D eigenvalue weighted by Gasteiger charge is -2.37. The summed E-state index contributed by atoms with van der Waals surface area (Å²) >= 11 is 0. The summed E-state index contributed by atoms with van der Waals surface area (Å²) in [5.74, 6) is 0.145. The molecule has 0 atom stereocenters. The van der Waals surface area contributed by atoms with E-state index in [0.717, 1.165) is 11.3 Å². The van der Waals surface area contributed by atoms with E-state index < -0.39 is 11.5 Å². The lowest BCUT2D eigenvalue weighted by atomic mass is 10.1. The number of piperazine rings is 1. The van der Waals surface area contributed by atoms with Crippen LogP contribution in [0.4, 0.5) is 22.0 Å². The number of aromatic nitrogens is 3. The molecule has 0 unspecified atom stereocenters. The van der Waals surface area contributed by atoms with Gasteiger partial charge in [-0.1, -0.05) is 6.07 Å². The van der Waals surface area contributed by atoms with E-state index in [2.05, 4.69) is 25.2 Å². The number of carbonyl (C=O) groups is 3. The molecule has 0 saturated carbocycles. The second-order valence-electron chi connectivity index (χ2n) is 10.5. The van der Waals surface area contributed by atoms with Gasteiger partial charge in [-0.15, -0.1) is 0 Å². The number of rotatable bonds is 5. The second kappa shape index (κ2) is 10.8. The van der Waals surface area contributed by atoms with Gasteiger partial charge in [0.15, 0.2) is 5.82 Å². The molecule has 5 rings (SSSR count). The first-order valence-electron chi connectivity index (χ1n) is 12.9. The minimum absolute atomic E-state index is 0.0587. The Morgan fingerprint density at radius 3 is 2.50 bits per heavy atom. The van der Waals surface area contributed by atoms with E-state index in [1.54, 1.807) is 36.5 Å². The van der Waals surface area contributed by atoms with E-state index in [1.807, 2.05) is 32.9 Å². The van der Waals surface area contributed by atoms with E-state index in [-0.39, 0.29) is 23.5 Å². The number of methoxy groups -OCH3 is 1. The molecule has 0 aliphatic carbocycles. The zero-order chi connectivity index (χ0) is 28.4. The standard InChI is InChI=1S/C28H31N7O5/c1-28(2,3)40-27(38)34-11-9-33(10-12-34)23-7-8-29-14-21(23)32-25(36)22-15-30-16-24(31-22)35-17-18-5-6-19(39-4)13-20(18)26(35)37/h5-8,13-16H,9-12,17H2,1-4H3,(H,32,36). The van der Waals surface area contributed by atoms with Crippen LogP contribution < -0.4 is 19.9 Å². The molecular weight excluding hydrogens is 514 g/mol. The number of hydrogen-bond donors (Lipinski definition) is 1. The third-order valence-corrected chi connectivity index (χ3v) is 6.57. The highest BCUT2D eigenvalue weighted by Gasteiger charge is 2.31. The number of nitrogens with one attached hydrogen (secondary N) is 1. The lowest BCUT2D eigenvalue weighted by Crippen LogP contribution is -2.50. The van der Waals surface area contributed by atoms with Gasteiger partial charge in [0.05, 0.1) is 43.6 Å². The number of benzene rings is 1. The summed E-state index contributed by atoms with van der Waals surface area (Å²) in [4.78, 5) is 56.7. The van der Waals surface area contributed by atoms with Crippen LogP contribution in [0.1, 0.15) is 47.2 Å². The number of ether oxygens (including phenoxy) is 2. The molecule has 3 amide bonds. The summed E-state index contributed by atoms with van der Waals surface area (Å²) in [7, 11) is 1.55. The number of amides is 3. The van der Waals surface area contributed by atoms with Gasteiger partial charge in [0.1, 0.15) is 17.0 Å². The van der Waals surface area contributed by atoms with Gasteiger partial charge in [-0.3, -0.25) is 24.5 Å². The second-order valence-corrected chi connectivity index (χ2v) is 10.5. The summed E-state index contributed by atoms with van der Waals surface area (Å²) in [6, 6.07) is 7.15. The molecule has 208 valence electrons. The molecule has 1 saturated heterocycles. The topological polar surface area (TPSA) is 130 Å². The predicted molar refractivity (Wildman–Crippen MR) is 148 cm³/mol. The van der Waals surface area contributed by atoms with Gasteiger partial charge in [0.2, 0.25) is 0 Å². The van der Waals surface area contributed by atoms with Crippen LogP contribution in [0.25, 0.3) is 0 Å². The van der Waals surface area contributed by atoms with Gasteiger partial charge in [-0.05, 0) is 44.5 Å². The van der Waals surface area contributed by atoms with Gasteiger partial charge in [-0.2, -0.15) is 0 Å². The molecule has 1 fully saturated rings. The molecule has 0 bridgehead atoms.